The van der Waals surface area contributed by atoms with Crippen molar-refractivity contribution < 1.29 is 13.6 Å². The Bertz CT molecular complexity index is 691. The largest absolute Gasteiger partial charge is 0.396 e. The van der Waals surface area contributed by atoms with Gasteiger partial charge >= 0.3 is 0 Å². The first-order chi connectivity index (χ1) is 9.90. The molecule has 1 amide bonds. The third-order valence-corrected chi connectivity index (χ3v) is 3.71. The summed E-state index contributed by atoms with van der Waals surface area (Å²) >= 11 is 3.11. The van der Waals surface area contributed by atoms with Crippen LogP contribution in [0.5, 0.6) is 0 Å². The number of anilines is 1. The maximum atomic E-state index is 13.7. The van der Waals surface area contributed by atoms with Crippen molar-refractivity contribution in [1.29, 1.82) is 0 Å². The van der Waals surface area contributed by atoms with Crippen LogP contribution >= 0.6 is 15.9 Å². The third-order valence-electron chi connectivity index (χ3n) is 3.05. The van der Waals surface area contributed by atoms with Gasteiger partial charge in [0.15, 0.2) is 0 Å². The summed E-state index contributed by atoms with van der Waals surface area (Å²) in [7, 11) is 0. The Morgan fingerprint density at radius 1 is 1.24 bits per heavy atom. The minimum atomic E-state index is -0.611. The second-order valence-corrected chi connectivity index (χ2v) is 5.42. The number of rotatable bonds is 3. The highest BCUT2D eigenvalue weighted by atomic mass is 79.9. The normalized spacial score (nSPS) is 12.0. The fourth-order valence-corrected chi connectivity index (χ4v) is 2.41. The number of hydrogen-bond donors (Lipinski definition) is 2. The molecule has 2 aromatic rings. The predicted molar refractivity (Wildman–Crippen MR) is 80.8 cm³/mol. The van der Waals surface area contributed by atoms with Crippen molar-refractivity contribution in [3.8, 4) is 0 Å². The van der Waals surface area contributed by atoms with Crippen LogP contribution in [0, 0.1) is 11.6 Å². The number of carbonyl (C=O) groups is 1. The molecule has 3 nitrogen and oxygen atoms in total. The Labute approximate surface area is 129 Å². The molecule has 21 heavy (non-hydrogen) atoms. The Morgan fingerprint density at radius 2 is 1.90 bits per heavy atom. The van der Waals surface area contributed by atoms with Crippen LogP contribution in [0.2, 0.25) is 0 Å². The third kappa shape index (κ3) is 3.39. The molecule has 110 valence electrons. The fourth-order valence-electron chi connectivity index (χ4n) is 1.92. The molecule has 0 aliphatic rings. The van der Waals surface area contributed by atoms with Gasteiger partial charge in [0.25, 0.3) is 5.91 Å². The van der Waals surface area contributed by atoms with Gasteiger partial charge in [-0.3, -0.25) is 4.79 Å². The second-order valence-electron chi connectivity index (χ2n) is 4.57. The van der Waals surface area contributed by atoms with Gasteiger partial charge in [0, 0.05) is 10.0 Å². The molecule has 0 saturated carbocycles. The lowest BCUT2D eigenvalue weighted by atomic mass is 10.1. The molecule has 0 heterocycles. The summed E-state index contributed by atoms with van der Waals surface area (Å²) in [4.78, 5) is 12.2. The van der Waals surface area contributed by atoms with Crippen molar-refractivity contribution in [2.75, 3.05) is 5.73 Å². The first kappa shape index (κ1) is 15.4. The molecule has 6 heteroatoms. The molecule has 2 aromatic carbocycles. The molecule has 0 aliphatic carbocycles. The number of carbonyl (C=O) groups excluding carboxylic acids is 1. The number of hydrogen-bond acceptors (Lipinski definition) is 2. The summed E-state index contributed by atoms with van der Waals surface area (Å²) in [5.74, 6) is -1.48. The standard InChI is InChI=1S/C15H13BrF2N2O/c1-8(9-4-2-3-5-12(9)17)20-15(21)10-6-14(19)13(18)7-11(10)16/h2-8H,19H2,1H3,(H,20,21). The molecule has 1 unspecified atom stereocenters. The van der Waals surface area contributed by atoms with E-state index in [0.717, 1.165) is 6.07 Å². The highest BCUT2D eigenvalue weighted by molar-refractivity contribution is 9.10. The molecular formula is C15H13BrF2N2O. The fraction of sp³-hybridized carbons (Fsp3) is 0.133. The van der Waals surface area contributed by atoms with Gasteiger partial charge in [-0.1, -0.05) is 18.2 Å². The van der Waals surface area contributed by atoms with E-state index in [4.69, 9.17) is 5.73 Å². The number of halogens is 3. The van der Waals surface area contributed by atoms with Crippen molar-refractivity contribution in [2.24, 2.45) is 0 Å². The summed E-state index contributed by atoms with van der Waals surface area (Å²) in [5, 5.41) is 2.65. The molecule has 0 aromatic heterocycles. The monoisotopic (exact) mass is 354 g/mol. The van der Waals surface area contributed by atoms with Gasteiger partial charge in [0.1, 0.15) is 11.6 Å². The van der Waals surface area contributed by atoms with E-state index < -0.39 is 23.6 Å². The summed E-state index contributed by atoms with van der Waals surface area (Å²) < 4.78 is 27.2. The topological polar surface area (TPSA) is 55.1 Å². The van der Waals surface area contributed by atoms with E-state index in [2.05, 4.69) is 21.2 Å². The molecule has 1 atom stereocenters. The van der Waals surface area contributed by atoms with E-state index in [1.807, 2.05) is 0 Å². The molecule has 0 saturated heterocycles. The van der Waals surface area contributed by atoms with Gasteiger partial charge < -0.3 is 11.1 Å². The van der Waals surface area contributed by atoms with Gasteiger partial charge in [-0.25, -0.2) is 8.78 Å². The lowest BCUT2D eigenvalue weighted by molar-refractivity contribution is 0.0938. The second kappa shape index (κ2) is 6.22. The van der Waals surface area contributed by atoms with Crippen LogP contribution in [0.4, 0.5) is 14.5 Å². The molecular weight excluding hydrogens is 342 g/mol. The maximum absolute atomic E-state index is 13.7. The summed E-state index contributed by atoms with van der Waals surface area (Å²) in [6.07, 6.45) is 0. The van der Waals surface area contributed by atoms with Gasteiger partial charge in [-0.2, -0.15) is 0 Å². The van der Waals surface area contributed by atoms with E-state index in [9.17, 15) is 13.6 Å². The van der Waals surface area contributed by atoms with E-state index in [-0.39, 0.29) is 15.7 Å². The minimum absolute atomic E-state index is 0.123. The van der Waals surface area contributed by atoms with Gasteiger partial charge in [0.05, 0.1) is 17.3 Å². The van der Waals surface area contributed by atoms with Crippen molar-refractivity contribution in [2.45, 2.75) is 13.0 Å². The lowest BCUT2D eigenvalue weighted by Crippen LogP contribution is -2.27. The highest BCUT2D eigenvalue weighted by Crippen LogP contribution is 2.24. The predicted octanol–water partition coefficient (Wildman–Crippen LogP) is 3.80. The molecule has 0 spiro atoms. The lowest BCUT2D eigenvalue weighted by Gasteiger charge is -2.16. The van der Waals surface area contributed by atoms with Gasteiger partial charge in [0.2, 0.25) is 0 Å². The average Bonchev–Trinajstić information content (AvgIpc) is 2.43. The molecule has 2 rings (SSSR count). The van der Waals surface area contributed by atoms with Crippen molar-refractivity contribution in [3.63, 3.8) is 0 Å². The maximum Gasteiger partial charge on any atom is 0.252 e. The van der Waals surface area contributed by atoms with Crippen LogP contribution in [-0.2, 0) is 0 Å². The van der Waals surface area contributed by atoms with Gasteiger partial charge in [-0.15, -0.1) is 0 Å². The quantitative estimate of drug-likeness (QED) is 0.823. The van der Waals surface area contributed by atoms with Crippen LogP contribution in [-0.4, -0.2) is 5.91 Å². The number of nitrogens with one attached hydrogen (secondary N) is 1. The number of amides is 1. The first-order valence-electron chi connectivity index (χ1n) is 6.20. The van der Waals surface area contributed by atoms with Gasteiger partial charge in [-0.05, 0) is 41.1 Å². The van der Waals surface area contributed by atoms with Crippen LogP contribution in [0.1, 0.15) is 28.9 Å². The molecule has 0 aliphatic heterocycles. The smallest absolute Gasteiger partial charge is 0.252 e. The molecule has 0 radical (unpaired) electrons. The summed E-state index contributed by atoms with van der Waals surface area (Å²) in [5.41, 5.74) is 5.90. The average molecular weight is 355 g/mol. The number of nitrogens with two attached hydrogens (primary N) is 1. The van der Waals surface area contributed by atoms with Crippen molar-refractivity contribution in [1.82, 2.24) is 5.32 Å². The van der Waals surface area contributed by atoms with Crippen LogP contribution in [0.3, 0.4) is 0 Å². The molecule has 0 bridgehead atoms. The summed E-state index contributed by atoms with van der Waals surface area (Å²) in [6, 6.07) is 8.01. The van der Waals surface area contributed by atoms with E-state index in [1.165, 1.54) is 12.1 Å². The van der Waals surface area contributed by atoms with Crippen molar-refractivity contribution in [3.05, 3.63) is 63.6 Å². The van der Waals surface area contributed by atoms with Crippen LogP contribution < -0.4 is 11.1 Å². The SMILES string of the molecule is CC(NC(=O)c1cc(N)c(F)cc1Br)c1ccccc1F. The first-order valence-corrected chi connectivity index (χ1v) is 6.99. The Kier molecular flexibility index (Phi) is 4.57. The minimum Gasteiger partial charge on any atom is -0.396 e. The Hall–Kier alpha value is -1.95. The van der Waals surface area contributed by atoms with E-state index in [0.29, 0.717) is 5.56 Å². The number of benzene rings is 2. The zero-order valence-electron chi connectivity index (χ0n) is 11.2. The summed E-state index contributed by atoms with van der Waals surface area (Å²) in [6.45, 7) is 1.66. The van der Waals surface area contributed by atoms with Crippen LogP contribution in [0.25, 0.3) is 0 Å². The van der Waals surface area contributed by atoms with Crippen molar-refractivity contribution >= 4 is 27.5 Å². The highest BCUT2D eigenvalue weighted by Gasteiger charge is 2.17. The van der Waals surface area contributed by atoms with E-state index >= 15 is 0 Å². The zero-order valence-corrected chi connectivity index (χ0v) is 12.7. The number of nitrogen functional groups attached to an aromatic ring is 1. The molecule has 0 fully saturated rings. The Morgan fingerprint density at radius 3 is 2.57 bits per heavy atom. The van der Waals surface area contributed by atoms with Crippen LogP contribution in [0.15, 0.2) is 40.9 Å². The van der Waals surface area contributed by atoms with E-state index in [1.54, 1.807) is 25.1 Å². The Balaban J connectivity index is 2.22. The zero-order chi connectivity index (χ0) is 15.6. The molecule has 3 N–H and O–H groups in total.